The number of pyridine rings is 1. The highest BCUT2D eigenvalue weighted by atomic mass is 16.6. The molecule has 8 heteroatoms. The summed E-state index contributed by atoms with van der Waals surface area (Å²) in [6.45, 7) is 0.0318. The van der Waals surface area contributed by atoms with Gasteiger partial charge >= 0.3 is 11.7 Å². The lowest BCUT2D eigenvalue weighted by Crippen LogP contribution is -2.14. The summed E-state index contributed by atoms with van der Waals surface area (Å²) in [5.41, 5.74) is 0.189. The zero-order chi connectivity index (χ0) is 12.7. The summed E-state index contributed by atoms with van der Waals surface area (Å²) < 4.78 is 4.77. The second-order valence-corrected chi connectivity index (χ2v) is 3.02. The van der Waals surface area contributed by atoms with Gasteiger partial charge in [0, 0.05) is 12.7 Å². The number of aliphatic carboxylic acids is 1. The molecular weight excluding hydrogens is 230 g/mol. The first kappa shape index (κ1) is 12.8. The lowest BCUT2D eigenvalue weighted by molar-refractivity contribution is -0.384. The molecule has 0 fully saturated rings. The Balaban J connectivity index is 2.41. The van der Waals surface area contributed by atoms with Crippen LogP contribution >= 0.6 is 0 Å². The number of anilines is 1. The van der Waals surface area contributed by atoms with Gasteiger partial charge in [0.25, 0.3) is 0 Å². The van der Waals surface area contributed by atoms with E-state index in [4.69, 9.17) is 9.84 Å². The van der Waals surface area contributed by atoms with Gasteiger partial charge < -0.3 is 15.2 Å². The molecular formula is C9H11N3O5. The lowest BCUT2D eigenvalue weighted by Gasteiger charge is -2.06. The fourth-order valence-corrected chi connectivity index (χ4v) is 1.10. The van der Waals surface area contributed by atoms with E-state index in [2.05, 4.69) is 10.3 Å². The topological polar surface area (TPSA) is 115 Å². The molecule has 0 bridgehead atoms. The maximum atomic E-state index is 10.6. The number of rotatable bonds is 7. The van der Waals surface area contributed by atoms with Crippen molar-refractivity contribution in [1.82, 2.24) is 4.98 Å². The Kier molecular flexibility index (Phi) is 4.82. The van der Waals surface area contributed by atoms with Gasteiger partial charge in [-0.3, -0.25) is 15.1 Å². The van der Waals surface area contributed by atoms with Crippen LogP contribution in [-0.4, -0.2) is 40.7 Å². The average Bonchev–Trinajstić information content (AvgIpc) is 2.28. The van der Waals surface area contributed by atoms with E-state index in [0.717, 1.165) is 6.20 Å². The molecule has 17 heavy (non-hydrogen) atoms. The fourth-order valence-electron chi connectivity index (χ4n) is 1.10. The first-order valence-electron chi connectivity index (χ1n) is 4.73. The van der Waals surface area contributed by atoms with E-state index in [1.54, 1.807) is 0 Å². The summed E-state index contributed by atoms with van der Waals surface area (Å²) in [5.74, 6) is -1.06. The third kappa shape index (κ3) is 4.43. The maximum Gasteiger partial charge on any atom is 0.329 e. The van der Waals surface area contributed by atoms with Gasteiger partial charge in [-0.1, -0.05) is 0 Å². The quantitative estimate of drug-likeness (QED) is 0.405. The first-order valence-corrected chi connectivity index (χ1v) is 4.73. The SMILES string of the molecule is O=C(O)COCCNc1ccncc1[N+](=O)[O-]. The summed E-state index contributed by atoms with van der Waals surface area (Å²) in [6, 6.07) is 1.47. The van der Waals surface area contributed by atoms with Crippen molar-refractivity contribution in [3.05, 3.63) is 28.6 Å². The molecule has 1 aromatic heterocycles. The van der Waals surface area contributed by atoms with Gasteiger partial charge in [-0.15, -0.1) is 0 Å². The van der Waals surface area contributed by atoms with Crippen LogP contribution in [-0.2, 0) is 9.53 Å². The molecule has 8 nitrogen and oxygen atoms in total. The standard InChI is InChI=1S/C9H11N3O5/c13-9(14)6-17-4-3-11-7-1-2-10-5-8(7)12(15)16/h1-2,5H,3-4,6H2,(H,10,11)(H,13,14). The molecule has 2 N–H and O–H groups in total. The van der Waals surface area contributed by atoms with E-state index in [1.165, 1.54) is 12.3 Å². The molecule has 0 saturated carbocycles. The number of hydrogen-bond acceptors (Lipinski definition) is 6. The van der Waals surface area contributed by atoms with Crippen molar-refractivity contribution < 1.29 is 19.6 Å². The number of nitro groups is 1. The number of carboxylic acid groups (broad SMARTS) is 1. The van der Waals surface area contributed by atoms with Gasteiger partial charge in [0.15, 0.2) is 0 Å². The zero-order valence-electron chi connectivity index (χ0n) is 8.83. The number of aromatic nitrogens is 1. The first-order chi connectivity index (χ1) is 8.11. The molecule has 0 aliphatic heterocycles. The second kappa shape index (κ2) is 6.38. The minimum Gasteiger partial charge on any atom is -0.480 e. The fraction of sp³-hybridized carbons (Fsp3) is 0.333. The van der Waals surface area contributed by atoms with Crippen LogP contribution in [0.4, 0.5) is 11.4 Å². The molecule has 0 radical (unpaired) electrons. The highest BCUT2D eigenvalue weighted by molar-refractivity contribution is 5.68. The largest absolute Gasteiger partial charge is 0.480 e. The number of carboxylic acids is 1. The van der Waals surface area contributed by atoms with Gasteiger partial charge in [0.2, 0.25) is 0 Å². The van der Waals surface area contributed by atoms with Crippen molar-refractivity contribution in [3.8, 4) is 0 Å². The number of carbonyl (C=O) groups is 1. The Bertz CT molecular complexity index is 409. The van der Waals surface area contributed by atoms with Crippen LogP contribution in [0.2, 0.25) is 0 Å². The molecule has 0 unspecified atom stereocenters. The summed E-state index contributed by atoms with van der Waals surface area (Å²) in [6.07, 6.45) is 2.56. The van der Waals surface area contributed by atoms with Crippen LogP contribution in [0.25, 0.3) is 0 Å². The number of nitrogens with one attached hydrogen (secondary N) is 1. The molecule has 1 heterocycles. The minimum absolute atomic E-state index is 0.134. The van der Waals surface area contributed by atoms with Crippen molar-refractivity contribution >= 4 is 17.3 Å². The van der Waals surface area contributed by atoms with E-state index in [9.17, 15) is 14.9 Å². The van der Waals surface area contributed by atoms with E-state index in [-0.39, 0.29) is 25.4 Å². The summed E-state index contributed by atoms with van der Waals surface area (Å²) in [5, 5.41) is 21.7. The number of hydrogen-bond donors (Lipinski definition) is 2. The van der Waals surface area contributed by atoms with Crippen LogP contribution in [0, 0.1) is 10.1 Å². The highest BCUT2D eigenvalue weighted by Gasteiger charge is 2.12. The van der Waals surface area contributed by atoms with Gasteiger partial charge in [0.05, 0.1) is 11.5 Å². The Morgan fingerprint density at radius 2 is 2.41 bits per heavy atom. The van der Waals surface area contributed by atoms with Crippen molar-refractivity contribution in [3.63, 3.8) is 0 Å². The average molecular weight is 241 g/mol. The van der Waals surface area contributed by atoms with Crippen molar-refractivity contribution in [2.24, 2.45) is 0 Å². The number of ether oxygens (including phenoxy) is 1. The van der Waals surface area contributed by atoms with Crippen LogP contribution in [0.1, 0.15) is 0 Å². The Morgan fingerprint density at radius 1 is 1.65 bits per heavy atom. The molecule has 0 aromatic carbocycles. The molecule has 0 saturated heterocycles. The number of nitrogens with zero attached hydrogens (tertiary/aromatic N) is 2. The van der Waals surface area contributed by atoms with Gasteiger partial charge in [-0.2, -0.15) is 0 Å². The molecule has 1 rings (SSSR count). The second-order valence-electron chi connectivity index (χ2n) is 3.02. The predicted molar refractivity (Wildman–Crippen MR) is 57.8 cm³/mol. The Hall–Kier alpha value is -2.22. The molecule has 1 aromatic rings. The molecule has 0 aliphatic rings. The van der Waals surface area contributed by atoms with Crippen LogP contribution < -0.4 is 5.32 Å². The third-order valence-corrected chi connectivity index (χ3v) is 1.78. The monoisotopic (exact) mass is 241 g/mol. The zero-order valence-corrected chi connectivity index (χ0v) is 8.83. The normalized spacial score (nSPS) is 9.88. The van der Waals surface area contributed by atoms with Crippen LogP contribution in [0.3, 0.4) is 0 Å². The highest BCUT2D eigenvalue weighted by Crippen LogP contribution is 2.21. The minimum atomic E-state index is -1.06. The molecule has 0 atom stereocenters. The maximum absolute atomic E-state index is 10.6. The Labute approximate surface area is 96.4 Å². The van der Waals surface area contributed by atoms with E-state index in [0.29, 0.717) is 5.69 Å². The Morgan fingerprint density at radius 3 is 3.06 bits per heavy atom. The van der Waals surface area contributed by atoms with Crippen LogP contribution in [0.15, 0.2) is 18.5 Å². The van der Waals surface area contributed by atoms with Gasteiger partial charge in [-0.25, -0.2) is 4.79 Å². The smallest absolute Gasteiger partial charge is 0.329 e. The molecule has 0 spiro atoms. The molecule has 0 amide bonds. The van der Waals surface area contributed by atoms with Crippen molar-refractivity contribution in [2.75, 3.05) is 25.1 Å². The molecule has 92 valence electrons. The predicted octanol–water partition coefficient (Wildman–Crippen LogP) is 0.503. The lowest BCUT2D eigenvalue weighted by atomic mass is 10.3. The van der Waals surface area contributed by atoms with E-state index < -0.39 is 10.9 Å². The van der Waals surface area contributed by atoms with Gasteiger partial charge in [0.1, 0.15) is 18.5 Å². The third-order valence-electron chi connectivity index (χ3n) is 1.78. The van der Waals surface area contributed by atoms with E-state index in [1.807, 2.05) is 0 Å². The summed E-state index contributed by atoms with van der Waals surface area (Å²) in [7, 11) is 0. The van der Waals surface area contributed by atoms with Crippen molar-refractivity contribution in [1.29, 1.82) is 0 Å². The van der Waals surface area contributed by atoms with E-state index >= 15 is 0 Å². The summed E-state index contributed by atoms with van der Waals surface area (Å²) in [4.78, 5) is 23.8. The molecule has 0 aliphatic carbocycles. The van der Waals surface area contributed by atoms with Gasteiger partial charge in [-0.05, 0) is 6.07 Å². The van der Waals surface area contributed by atoms with Crippen LogP contribution in [0.5, 0.6) is 0 Å². The van der Waals surface area contributed by atoms with Crippen molar-refractivity contribution in [2.45, 2.75) is 0 Å². The summed E-state index contributed by atoms with van der Waals surface area (Å²) >= 11 is 0.